The number of hydrogen-bond donors (Lipinski definition) is 4. The third kappa shape index (κ3) is 3.40. The van der Waals surface area contributed by atoms with Crippen LogP contribution in [-0.4, -0.2) is 23.3 Å². The van der Waals surface area contributed by atoms with Gasteiger partial charge in [-0.2, -0.15) is 0 Å². The van der Waals surface area contributed by atoms with Crippen molar-refractivity contribution in [3.63, 3.8) is 0 Å². The van der Waals surface area contributed by atoms with Gasteiger partial charge in [0, 0.05) is 23.4 Å². The van der Waals surface area contributed by atoms with Crippen LogP contribution in [0.15, 0.2) is 27.0 Å². The molecule has 5 nitrogen and oxygen atoms in total. The Morgan fingerprint density at radius 2 is 2.06 bits per heavy atom. The molecule has 1 rings (SSSR count). The Balaban J connectivity index is 3.22. The molecule has 0 aromatic heterocycles. The van der Waals surface area contributed by atoms with Crippen molar-refractivity contribution in [2.45, 2.75) is 25.2 Å². The van der Waals surface area contributed by atoms with Gasteiger partial charge < -0.3 is 16.6 Å². The summed E-state index contributed by atoms with van der Waals surface area (Å²) >= 11 is 4.16. The zero-order chi connectivity index (χ0) is 13.7. The zero-order valence-electron chi connectivity index (χ0n) is 10.5. The van der Waals surface area contributed by atoms with Crippen LogP contribution in [0.4, 0.5) is 5.69 Å². The number of anilines is 1. The van der Waals surface area contributed by atoms with Crippen LogP contribution in [0.3, 0.4) is 0 Å². The molecule has 0 aliphatic heterocycles. The lowest BCUT2D eigenvalue weighted by Gasteiger charge is -2.08. The van der Waals surface area contributed by atoms with E-state index in [0.717, 1.165) is 0 Å². The van der Waals surface area contributed by atoms with E-state index in [1.807, 2.05) is 13.8 Å². The quantitative estimate of drug-likeness (QED) is 0.221. The summed E-state index contributed by atoms with van der Waals surface area (Å²) in [4.78, 5) is 9.00. The van der Waals surface area contributed by atoms with Gasteiger partial charge in [0.05, 0.1) is 5.69 Å². The van der Waals surface area contributed by atoms with E-state index in [1.165, 1.54) is 6.07 Å². The lowest BCUT2D eigenvalue weighted by Crippen LogP contribution is -2.17. The van der Waals surface area contributed by atoms with Gasteiger partial charge in [-0.3, -0.25) is 4.99 Å². The van der Waals surface area contributed by atoms with Crippen LogP contribution in [0.1, 0.15) is 25.8 Å². The Morgan fingerprint density at radius 3 is 2.61 bits per heavy atom. The Hall–Kier alpha value is -1.69. The minimum Gasteiger partial charge on any atom is -0.506 e. The smallest absolute Gasteiger partial charge is 0.140 e. The fourth-order valence-corrected chi connectivity index (χ4v) is 1.69. The van der Waals surface area contributed by atoms with Crippen LogP contribution >= 0.6 is 12.6 Å². The molecular formula is C12H18N4OS. The lowest BCUT2D eigenvalue weighted by molar-refractivity contribution is 0.476. The molecule has 0 amide bonds. The number of rotatable bonds is 3. The summed E-state index contributed by atoms with van der Waals surface area (Å²) in [6.07, 6.45) is 0.682. The van der Waals surface area contributed by atoms with Crippen LogP contribution in [-0.2, 0) is 0 Å². The van der Waals surface area contributed by atoms with E-state index in [1.54, 1.807) is 6.07 Å². The van der Waals surface area contributed by atoms with Crippen LogP contribution in [0.2, 0.25) is 0 Å². The van der Waals surface area contributed by atoms with E-state index < -0.39 is 0 Å². The number of nitrogens with zero attached hydrogens (tertiary/aromatic N) is 2. The first-order valence-corrected chi connectivity index (χ1v) is 6.13. The third-order valence-electron chi connectivity index (χ3n) is 2.33. The number of phenols is 1. The third-order valence-corrected chi connectivity index (χ3v) is 2.58. The average molecular weight is 266 g/mol. The predicted octanol–water partition coefficient (Wildman–Crippen LogP) is 1.80. The Morgan fingerprint density at radius 1 is 1.39 bits per heavy atom. The topological polar surface area (TPSA) is 97.0 Å². The first kappa shape index (κ1) is 14.4. The Bertz CT molecular complexity index is 497. The maximum atomic E-state index is 9.61. The molecule has 0 unspecified atom stereocenters. The number of aliphatic imine (C=N–C) groups is 2. The molecular weight excluding hydrogens is 248 g/mol. The standard InChI is InChI=1S/C12H18N4OS/c1-3-10(15-4-2)16-12(14)8-5-7(18)6-9(17)11(8)13/h5-6,17-18H,3-4,13H2,1-2H3,(H2,14,15,16). The molecule has 98 valence electrons. The number of nitrogen functional groups attached to an aromatic ring is 1. The summed E-state index contributed by atoms with van der Waals surface area (Å²) in [6, 6.07) is 3.12. The molecule has 0 saturated heterocycles. The van der Waals surface area contributed by atoms with Gasteiger partial charge in [-0.25, -0.2) is 4.99 Å². The van der Waals surface area contributed by atoms with Crippen molar-refractivity contribution < 1.29 is 5.11 Å². The van der Waals surface area contributed by atoms with Crippen molar-refractivity contribution in [2.24, 2.45) is 15.7 Å². The number of amidine groups is 2. The summed E-state index contributed by atoms with van der Waals surface area (Å²) in [5.41, 5.74) is 12.3. The number of thiol groups is 1. The lowest BCUT2D eigenvalue weighted by atomic mass is 10.1. The fraction of sp³-hybridized carbons (Fsp3) is 0.333. The largest absolute Gasteiger partial charge is 0.506 e. The van der Waals surface area contributed by atoms with Gasteiger partial charge in [-0.15, -0.1) is 12.6 Å². The molecule has 1 aromatic carbocycles. The molecule has 6 heteroatoms. The van der Waals surface area contributed by atoms with Gasteiger partial charge in [-0.1, -0.05) is 6.92 Å². The molecule has 0 atom stereocenters. The van der Waals surface area contributed by atoms with E-state index in [2.05, 4.69) is 22.6 Å². The first-order chi connectivity index (χ1) is 8.49. The Kier molecular flexibility index (Phi) is 5.03. The molecule has 0 radical (unpaired) electrons. The number of phenolic OH excluding ortho intramolecular Hbond substituents is 1. The van der Waals surface area contributed by atoms with E-state index in [4.69, 9.17) is 11.5 Å². The highest BCUT2D eigenvalue weighted by atomic mass is 32.1. The van der Waals surface area contributed by atoms with Crippen molar-refractivity contribution in [3.05, 3.63) is 17.7 Å². The number of hydrogen-bond acceptors (Lipinski definition) is 4. The molecule has 5 N–H and O–H groups in total. The van der Waals surface area contributed by atoms with E-state index in [9.17, 15) is 5.11 Å². The Labute approximate surface area is 112 Å². The average Bonchev–Trinajstić information content (AvgIpc) is 2.32. The van der Waals surface area contributed by atoms with Crippen molar-refractivity contribution in [2.75, 3.05) is 12.3 Å². The fourth-order valence-electron chi connectivity index (χ4n) is 1.44. The molecule has 1 aromatic rings. The van der Waals surface area contributed by atoms with Crippen LogP contribution in [0.25, 0.3) is 0 Å². The van der Waals surface area contributed by atoms with Crippen LogP contribution < -0.4 is 11.5 Å². The number of benzene rings is 1. The minimum atomic E-state index is -0.0545. The van der Waals surface area contributed by atoms with Crippen molar-refractivity contribution >= 4 is 30.0 Å². The highest BCUT2D eigenvalue weighted by Crippen LogP contribution is 2.27. The monoisotopic (exact) mass is 266 g/mol. The second-order valence-electron chi connectivity index (χ2n) is 3.67. The molecule has 0 aliphatic carbocycles. The van der Waals surface area contributed by atoms with Gasteiger partial charge in [-0.05, 0) is 19.1 Å². The molecule has 0 saturated carbocycles. The van der Waals surface area contributed by atoms with Crippen LogP contribution in [0, 0.1) is 0 Å². The van der Waals surface area contributed by atoms with Crippen molar-refractivity contribution in [3.8, 4) is 5.75 Å². The van der Waals surface area contributed by atoms with Gasteiger partial charge in [0.15, 0.2) is 0 Å². The maximum Gasteiger partial charge on any atom is 0.140 e. The molecule has 0 heterocycles. The summed E-state index contributed by atoms with van der Waals surface area (Å²) in [7, 11) is 0. The molecule has 18 heavy (non-hydrogen) atoms. The summed E-state index contributed by atoms with van der Waals surface area (Å²) < 4.78 is 0. The molecule has 0 fully saturated rings. The second kappa shape index (κ2) is 6.30. The van der Waals surface area contributed by atoms with Gasteiger partial charge in [0.2, 0.25) is 0 Å². The molecule has 0 spiro atoms. The summed E-state index contributed by atoms with van der Waals surface area (Å²) in [6.45, 7) is 4.52. The van der Waals surface area contributed by atoms with Crippen molar-refractivity contribution in [1.29, 1.82) is 0 Å². The SMILES string of the molecule is CCN=C(CC)N=C(N)c1cc(S)cc(O)c1N. The summed E-state index contributed by atoms with van der Waals surface area (Å²) in [5.74, 6) is 0.826. The predicted molar refractivity (Wildman–Crippen MR) is 78.8 cm³/mol. The zero-order valence-corrected chi connectivity index (χ0v) is 11.4. The van der Waals surface area contributed by atoms with E-state index in [-0.39, 0.29) is 17.3 Å². The van der Waals surface area contributed by atoms with Gasteiger partial charge in [0.25, 0.3) is 0 Å². The van der Waals surface area contributed by atoms with Gasteiger partial charge in [0.1, 0.15) is 17.4 Å². The second-order valence-corrected chi connectivity index (χ2v) is 4.18. The minimum absolute atomic E-state index is 0.0545. The number of nitrogens with two attached hydrogens (primary N) is 2. The molecule has 0 bridgehead atoms. The van der Waals surface area contributed by atoms with Crippen LogP contribution in [0.5, 0.6) is 5.75 Å². The first-order valence-electron chi connectivity index (χ1n) is 5.68. The number of aromatic hydroxyl groups is 1. The normalized spacial score (nSPS) is 12.8. The van der Waals surface area contributed by atoms with E-state index >= 15 is 0 Å². The summed E-state index contributed by atoms with van der Waals surface area (Å²) in [5, 5.41) is 9.61. The molecule has 0 aliphatic rings. The maximum absolute atomic E-state index is 9.61. The van der Waals surface area contributed by atoms with E-state index in [0.29, 0.717) is 29.3 Å². The highest BCUT2D eigenvalue weighted by molar-refractivity contribution is 7.80. The van der Waals surface area contributed by atoms with Gasteiger partial charge >= 0.3 is 0 Å². The van der Waals surface area contributed by atoms with Crippen molar-refractivity contribution in [1.82, 2.24) is 0 Å². The highest BCUT2D eigenvalue weighted by Gasteiger charge is 2.10.